The number of para-hydroxylation sites is 1. The van der Waals surface area contributed by atoms with Crippen molar-refractivity contribution in [1.29, 1.82) is 0 Å². The number of amides is 1. The zero-order chi connectivity index (χ0) is 23.3. The Morgan fingerprint density at radius 2 is 1.66 bits per heavy atom. The first-order chi connectivity index (χ1) is 15.2. The van der Waals surface area contributed by atoms with Crippen LogP contribution >= 0.6 is 0 Å². The van der Waals surface area contributed by atoms with E-state index in [1.807, 2.05) is 0 Å². The van der Waals surface area contributed by atoms with Crippen molar-refractivity contribution in [2.75, 3.05) is 18.9 Å². The van der Waals surface area contributed by atoms with E-state index in [-0.39, 0.29) is 34.2 Å². The molecular formula is C22H20F2N2O5S. The first-order valence-corrected chi connectivity index (χ1v) is 10.8. The van der Waals surface area contributed by atoms with Crippen LogP contribution in [-0.2, 0) is 16.6 Å². The molecular weight excluding hydrogens is 442 g/mol. The fraction of sp³-hybridized carbons (Fsp3) is 0.136. The van der Waals surface area contributed by atoms with Crippen molar-refractivity contribution in [3.63, 3.8) is 0 Å². The summed E-state index contributed by atoms with van der Waals surface area (Å²) < 4.78 is 65.3. The number of anilines is 1. The molecule has 3 rings (SSSR count). The highest BCUT2D eigenvalue weighted by atomic mass is 32.2. The molecule has 0 saturated carbocycles. The number of rotatable bonds is 8. The molecule has 0 fully saturated rings. The Bertz CT molecular complexity index is 1230. The number of halogens is 2. The van der Waals surface area contributed by atoms with Crippen LogP contribution in [0.3, 0.4) is 0 Å². The quantitative estimate of drug-likeness (QED) is 0.532. The summed E-state index contributed by atoms with van der Waals surface area (Å²) in [5.74, 6) is -1.79. The SMILES string of the molecule is COc1cc(S(=O)(=O)Nc2ccccc2F)cc(C(=O)NCc2ccc(F)cc2)c1OC. The third-order valence-electron chi connectivity index (χ3n) is 4.49. The van der Waals surface area contributed by atoms with Gasteiger partial charge in [0.15, 0.2) is 11.5 Å². The molecule has 10 heteroatoms. The molecule has 0 aliphatic carbocycles. The molecule has 0 aromatic heterocycles. The predicted octanol–water partition coefficient (Wildman–Crippen LogP) is 3.71. The minimum Gasteiger partial charge on any atom is -0.493 e. The second-order valence-electron chi connectivity index (χ2n) is 6.60. The summed E-state index contributed by atoms with van der Waals surface area (Å²) >= 11 is 0. The van der Waals surface area contributed by atoms with Crippen LogP contribution in [0, 0.1) is 11.6 Å². The number of benzene rings is 3. The molecule has 168 valence electrons. The van der Waals surface area contributed by atoms with Gasteiger partial charge in [-0.15, -0.1) is 0 Å². The van der Waals surface area contributed by atoms with Gasteiger partial charge in [0.2, 0.25) is 0 Å². The monoisotopic (exact) mass is 462 g/mol. The van der Waals surface area contributed by atoms with Crippen LogP contribution in [0.1, 0.15) is 15.9 Å². The number of hydrogen-bond donors (Lipinski definition) is 2. The van der Waals surface area contributed by atoms with Crippen molar-refractivity contribution < 1.29 is 31.5 Å². The second-order valence-corrected chi connectivity index (χ2v) is 8.28. The van der Waals surface area contributed by atoms with Gasteiger partial charge < -0.3 is 14.8 Å². The van der Waals surface area contributed by atoms with Gasteiger partial charge in [-0.2, -0.15) is 0 Å². The normalized spacial score (nSPS) is 11.0. The van der Waals surface area contributed by atoms with Gasteiger partial charge >= 0.3 is 0 Å². The Morgan fingerprint density at radius 3 is 2.28 bits per heavy atom. The molecule has 0 aliphatic rings. The fourth-order valence-corrected chi connectivity index (χ4v) is 4.00. The van der Waals surface area contributed by atoms with Crippen LogP contribution in [0.25, 0.3) is 0 Å². The summed E-state index contributed by atoms with van der Waals surface area (Å²) in [4.78, 5) is 12.5. The Kier molecular flexibility index (Phi) is 6.94. The zero-order valence-electron chi connectivity index (χ0n) is 17.2. The standard InChI is InChI=1S/C22H20F2N2O5S/c1-30-20-12-16(32(28,29)26-19-6-4-3-5-18(19)24)11-17(21(20)31-2)22(27)25-13-14-7-9-15(23)10-8-14/h3-12,26H,13H2,1-2H3,(H,25,27). The third-order valence-corrected chi connectivity index (χ3v) is 5.84. The van der Waals surface area contributed by atoms with E-state index < -0.39 is 27.6 Å². The van der Waals surface area contributed by atoms with Crippen molar-refractivity contribution in [1.82, 2.24) is 5.32 Å². The number of methoxy groups -OCH3 is 2. The first kappa shape index (κ1) is 23.0. The molecule has 1 amide bonds. The van der Waals surface area contributed by atoms with Crippen LogP contribution < -0.4 is 19.5 Å². The van der Waals surface area contributed by atoms with E-state index in [2.05, 4.69) is 10.0 Å². The van der Waals surface area contributed by atoms with Gasteiger partial charge in [-0.3, -0.25) is 9.52 Å². The molecule has 0 heterocycles. The van der Waals surface area contributed by atoms with Gasteiger partial charge in [0.05, 0.1) is 30.4 Å². The van der Waals surface area contributed by atoms with Crippen LogP contribution in [0.2, 0.25) is 0 Å². The van der Waals surface area contributed by atoms with E-state index >= 15 is 0 Å². The van der Waals surface area contributed by atoms with Crippen LogP contribution in [0.15, 0.2) is 65.6 Å². The van der Waals surface area contributed by atoms with Gasteiger partial charge in [-0.25, -0.2) is 17.2 Å². The van der Waals surface area contributed by atoms with Crippen molar-refractivity contribution >= 4 is 21.6 Å². The minimum atomic E-state index is -4.27. The lowest BCUT2D eigenvalue weighted by Crippen LogP contribution is -2.24. The van der Waals surface area contributed by atoms with Gasteiger partial charge in [0.25, 0.3) is 15.9 Å². The lowest BCUT2D eigenvalue weighted by atomic mass is 10.1. The van der Waals surface area contributed by atoms with Crippen molar-refractivity contribution in [3.8, 4) is 11.5 Å². The molecule has 0 spiro atoms. The number of sulfonamides is 1. The highest BCUT2D eigenvalue weighted by Gasteiger charge is 2.24. The Labute approximate surface area is 184 Å². The third kappa shape index (κ3) is 5.14. The molecule has 0 atom stereocenters. The number of carbonyl (C=O) groups is 1. The summed E-state index contributed by atoms with van der Waals surface area (Å²) in [7, 11) is -1.67. The molecule has 0 saturated heterocycles. The van der Waals surface area contributed by atoms with Crippen molar-refractivity contribution in [2.45, 2.75) is 11.4 Å². The maximum absolute atomic E-state index is 13.9. The molecule has 2 N–H and O–H groups in total. The minimum absolute atomic E-state index is 0.00385. The number of ether oxygens (including phenoxy) is 2. The van der Waals surface area contributed by atoms with Crippen molar-refractivity contribution in [3.05, 3.63) is 83.4 Å². The lowest BCUT2D eigenvalue weighted by Gasteiger charge is -2.16. The largest absolute Gasteiger partial charge is 0.493 e. The number of carbonyl (C=O) groups excluding carboxylic acids is 1. The van der Waals surface area contributed by atoms with Crippen LogP contribution in [-0.4, -0.2) is 28.5 Å². The summed E-state index contributed by atoms with van der Waals surface area (Å²) in [6, 6.07) is 13.1. The maximum Gasteiger partial charge on any atom is 0.262 e. The zero-order valence-corrected chi connectivity index (χ0v) is 18.0. The Hall–Kier alpha value is -3.66. The number of nitrogens with one attached hydrogen (secondary N) is 2. The molecule has 32 heavy (non-hydrogen) atoms. The van der Waals surface area contributed by atoms with E-state index in [1.165, 1.54) is 62.8 Å². The van der Waals surface area contributed by atoms with E-state index in [0.29, 0.717) is 5.56 Å². The predicted molar refractivity (Wildman–Crippen MR) is 114 cm³/mol. The van der Waals surface area contributed by atoms with E-state index in [0.717, 1.165) is 12.1 Å². The highest BCUT2D eigenvalue weighted by Crippen LogP contribution is 2.35. The topological polar surface area (TPSA) is 93.7 Å². The summed E-state index contributed by atoms with van der Waals surface area (Å²) in [5, 5.41) is 2.63. The second kappa shape index (κ2) is 9.65. The Morgan fingerprint density at radius 1 is 0.969 bits per heavy atom. The fourth-order valence-electron chi connectivity index (χ4n) is 2.89. The molecule has 3 aromatic rings. The molecule has 0 unspecified atom stereocenters. The Balaban J connectivity index is 1.95. The van der Waals surface area contributed by atoms with Gasteiger partial charge in [-0.05, 0) is 35.9 Å². The summed E-state index contributed by atoms with van der Waals surface area (Å²) in [6.45, 7) is 0.0645. The van der Waals surface area contributed by atoms with Crippen LogP contribution in [0.4, 0.5) is 14.5 Å². The molecule has 7 nitrogen and oxygen atoms in total. The average molecular weight is 462 g/mol. The molecule has 0 bridgehead atoms. The molecule has 0 aliphatic heterocycles. The van der Waals surface area contributed by atoms with Crippen molar-refractivity contribution in [2.24, 2.45) is 0 Å². The van der Waals surface area contributed by atoms with Gasteiger partial charge in [-0.1, -0.05) is 24.3 Å². The summed E-state index contributed by atoms with van der Waals surface area (Å²) in [5.41, 5.74) is 0.281. The van der Waals surface area contributed by atoms with E-state index in [1.54, 1.807) is 0 Å². The average Bonchev–Trinajstić information content (AvgIpc) is 2.78. The van der Waals surface area contributed by atoms with E-state index in [9.17, 15) is 22.0 Å². The highest BCUT2D eigenvalue weighted by molar-refractivity contribution is 7.92. The lowest BCUT2D eigenvalue weighted by molar-refractivity contribution is 0.0947. The van der Waals surface area contributed by atoms with Crippen LogP contribution in [0.5, 0.6) is 11.5 Å². The maximum atomic E-state index is 13.9. The molecule has 3 aromatic carbocycles. The smallest absolute Gasteiger partial charge is 0.262 e. The first-order valence-electron chi connectivity index (χ1n) is 9.31. The number of hydrogen-bond acceptors (Lipinski definition) is 5. The summed E-state index contributed by atoms with van der Waals surface area (Å²) in [6.07, 6.45) is 0. The van der Waals surface area contributed by atoms with E-state index in [4.69, 9.17) is 9.47 Å². The molecule has 0 radical (unpaired) electrons. The van der Waals surface area contributed by atoms with Gasteiger partial charge in [0.1, 0.15) is 11.6 Å². The van der Waals surface area contributed by atoms with Gasteiger partial charge in [0, 0.05) is 12.6 Å².